The molecule has 1 aliphatic carbocycles. The van der Waals surface area contributed by atoms with Crippen LogP contribution in [0.4, 0.5) is 0 Å². The van der Waals surface area contributed by atoms with Gasteiger partial charge in [-0.25, -0.2) is 0 Å². The van der Waals surface area contributed by atoms with Crippen LogP contribution in [-0.2, 0) is 0 Å². The van der Waals surface area contributed by atoms with Crippen molar-refractivity contribution in [2.75, 3.05) is 0 Å². The van der Waals surface area contributed by atoms with Gasteiger partial charge < -0.3 is 4.74 Å². The third kappa shape index (κ3) is 4.70. The van der Waals surface area contributed by atoms with E-state index < -0.39 is 0 Å². The Labute approximate surface area is 339 Å². The second kappa shape index (κ2) is 12.2. The van der Waals surface area contributed by atoms with Crippen molar-refractivity contribution >= 4 is 96.5 Å². The van der Waals surface area contributed by atoms with Gasteiger partial charge in [0.05, 0.1) is 0 Å². The minimum Gasteiger partial charge on any atom is -0.485 e. The molecule has 1 aromatic heterocycles. The number of ether oxygens (including phenoxy) is 1. The monoisotopic (exact) mass is 754 g/mol. The molecule has 2 heteroatoms. The van der Waals surface area contributed by atoms with E-state index in [4.69, 9.17) is 4.74 Å². The highest BCUT2D eigenvalue weighted by atomic mass is 32.1. The minimum absolute atomic E-state index is 0.00648. The van der Waals surface area contributed by atoms with Crippen LogP contribution in [0, 0.1) is 0 Å². The first-order chi connectivity index (χ1) is 28.7. The molecular weight excluding hydrogens is 721 g/mol. The van der Waals surface area contributed by atoms with Gasteiger partial charge in [0.25, 0.3) is 0 Å². The van der Waals surface area contributed by atoms with Crippen LogP contribution in [-0.4, -0.2) is 6.10 Å². The number of fused-ring (bicyclic) bond motifs is 12. The van der Waals surface area contributed by atoms with E-state index in [2.05, 4.69) is 188 Å². The van der Waals surface area contributed by atoms with Crippen LogP contribution < -0.4 is 4.74 Å². The maximum atomic E-state index is 6.73. The number of benzene rings is 10. The summed E-state index contributed by atoms with van der Waals surface area (Å²) >= 11 is 1.88. The zero-order chi connectivity index (χ0) is 37.9. The Morgan fingerprint density at radius 3 is 1.83 bits per heavy atom. The van der Waals surface area contributed by atoms with E-state index in [1.807, 2.05) is 11.3 Å². The smallest absolute Gasteiger partial charge is 0.129 e. The molecule has 1 aliphatic heterocycles. The molecular formula is C56H34OS. The molecule has 0 fully saturated rings. The molecule has 2 aliphatic rings. The highest BCUT2D eigenvalue weighted by molar-refractivity contribution is 7.25. The first-order valence-electron chi connectivity index (χ1n) is 20.2. The molecule has 11 aromatic rings. The van der Waals surface area contributed by atoms with E-state index in [-0.39, 0.29) is 6.10 Å². The maximum Gasteiger partial charge on any atom is 0.129 e. The first-order valence-corrected chi connectivity index (χ1v) is 21.0. The highest BCUT2D eigenvalue weighted by Crippen LogP contribution is 2.49. The van der Waals surface area contributed by atoms with E-state index in [1.54, 1.807) is 0 Å². The maximum absolute atomic E-state index is 6.73. The first kappa shape index (κ1) is 32.1. The van der Waals surface area contributed by atoms with Crippen LogP contribution in [0.5, 0.6) is 5.75 Å². The lowest BCUT2D eigenvalue weighted by Gasteiger charge is -2.20. The highest BCUT2D eigenvalue weighted by Gasteiger charge is 2.33. The Hall–Kier alpha value is -7.00. The molecule has 0 bridgehead atoms. The summed E-state index contributed by atoms with van der Waals surface area (Å²) in [5.41, 5.74) is 10.2. The molecule has 10 aromatic carbocycles. The summed E-state index contributed by atoms with van der Waals surface area (Å²) < 4.78 is 9.40. The molecule has 270 valence electrons. The minimum atomic E-state index is 0.00648. The predicted molar refractivity (Wildman–Crippen MR) is 249 cm³/mol. The van der Waals surface area contributed by atoms with E-state index in [1.165, 1.54) is 119 Å². The standard InChI is InChI=1S/C56H34OS/c1-2-12-40-33(10-1)11-9-18-42(40)55-45-16-5-3-14-43(45)54(44-15-4-6-17-46(44)55)39-23-22-34-28-35(20-21-36(34)29-39)37-24-26-47-51(30-37)57-50-27-25-38-31-53-49(32-48(38)56(47)50)41-13-7-8-19-52(41)58-53/h1-29,31-32,51H,30H2. The number of thiophene rings is 1. The summed E-state index contributed by atoms with van der Waals surface area (Å²) in [5.74, 6) is 0.994. The normalized spacial score (nSPS) is 15.0. The van der Waals surface area contributed by atoms with Crippen molar-refractivity contribution in [3.8, 4) is 28.0 Å². The van der Waals surface area contributed by atoms with Crippen molar-refractivity contribution < 1.29 is 4.74 Å². The fourth-order valence-corrected chi connectivity index (χ4v) is 11.2. The average molecular weight is 755 g/mol. The quantitative estimate of drug-likeness (QED) is 0.163. The Kier molecular flexibility index (Phi) is 6.78. The van der Waals surface area contributed by atoms with Gasteiger partial charge >= 0.3 is 0 Å². The molecule has 0 amide bonds. The molecule has 2 heterocycles. The number of hydrogen-bond acceptors (Lipinski definition) is 2. The molecule has 0 N–H and O–H groups in total. The summed E-state index contributed by atoms with van der Waals surface area (Å²) in [5, 5.41) is 15.3. The van der Waals surface area contributed by atoms with Gasteiger partial charge in [0.2, 0.25) is 0 Å². The SMILES string of the molecule is C1=C(c2ccc3cc(-c4c5ccccc5c(-c5cccc6ccccc56)c5ccccc45)ccc3c2)CC2Oc3ccc4cc5sc6ccccc6c5cc4c3C2=C1. The van der Waals surface area contributed by atoms with Crippen LogP contribution in [0.1, 0.15) is 17.5 Å². The van der Waals surface area contributed by atoms with Gasteiger partial charge in [-0.2, -0.15) is 0 Å². The topological polar surface area (TPSA) is 9.23 Å². The van der Waals surface area contributed by atoms with Crippen molar-refractivity contribution in [1.29, 1.82) is 0 Å². The van der Waals surface area contributed by atoms with Crippen LogP contribution in [0.3, 0.4) is 0 Å². The number of rotatable bonds is 3. The molecule has 58 heavy (non-hydrogen) atoms. The van der Waals surface area contributed by atoms with Crippen molar-refractivity contribution in [3.05, 3.63) is 199 Å². The van der Waals surface area contributed by atoms with E-state index in [0.717, 1.165) is 12.2 Å². The van der Waals surface area contributed by atoms with Gasteiger partial charge in [-0.15, -0.1) is 11.3 Å². The van der Waals surface area contributed by atoms with Crippen molar-refractivity contribution in [3.63, 3.8) is 0 Å². The second-order valence-electron chi connectivity index (χ2n) is 15.9. The lowest BCUT2D eigenvalue weighted by atomic mass is 9.84. The van der Waals surface area contributed by atoms with Gasteiger partial charge in [0.15, 0.2) is 0 Å². The lowest BCUT2D eigenvalue weighted by molar-refractivity contribution is 0.281. The fourth-order valence-electron chi connectivity index (χ4n) is 10.1. The van der Waals surface area contributed by atoms with Gasteiger partial charge in [-0.05, 0) is 124 Å². The lowest BCUT2D eigenvalue weighted by Crippen LogP contribution is -2.15. The fraction of sp³-hybridized carbons (Fsp3) is 0.0357. The van der Waals surface area contributed by atoms with Crippen LogP contribution in [0.25, 0.3) is 107 Å². The van der Waals surface area contributed by atoms with Crippen LogP contribution >= 0.6 is 11.3 Å². The Bertz CT molecular complexity index is 3570. The molecule has 1 atom stereocenters. The van der Waals surface area contributed by atoms with Gasteiger partial charge in [0.1, 0.15) is 11.9 Å². The van der Waals surface area contributed by atoms with Crippen LogP contribution in [0.2, 0.25) is 0 Å². The molecule has 1 unspecified atom stereocenters. The molecule has 1 nitrogen and oxygen atoms in total. The summed E-state index contributed by atoms with van der Waals surface area (Å²) in [6.45, 7) is 0. The third-order valence-corrected chi connectivity index (χ3v) is 13.9. The Balaban J connectivity index is 0.900. The van der Waals surface area contributed by atoms with Gasteiger partial charge in [-0.1, -0.05) is 152 Å². The Morgan fingerprint density at radius 2 is 1.03 bits per heavy atom. The van der Waals surface area contributed by atoms with Crippen LogP contribution in [0.15, 0.2) is 188 Å². The largest absolute Gasteiger partial charge is 0.485 e. The molecule has 0 radical (unpaired) electrons. The van der Waals surface area contributed by atoms with E-state index in [0.29, 0.717) is 0 Å². The Morgan fingerprint density at radius 1 is 0.397 bits per heavy atom. The summed E-state index contributed by atoms with van der Waals surface area (Å²) in [4.78, 5) is 0. The molecule has 0 saturated carbocycles. The van der Waals surface area contributed by atoms with Crippen molar-refractivity contribution in [1.82, 2.24) is 0 Å². The average Bonchev–Trinajstić information content (AvgIpc) is 3.84. The van der Waals surface area contributed by atoms with E-state index in [9.17, 15) is 0 Å². The molecule has 13 rings (SSSR count). The van der Waals surface area contributed by atoms with E-state index >= 15 is 0 Å². The summed E-state index contributed by atoms with van der Waals surface area (Å²) in [6, 6.07) is 65.2. The molecule has 0 saturated heterocycles. The zero-order valence-corrected chi connectivity index (χ0v) is 32.3. The number of allylic oxidation sites excluding steroid dienone is 2. The van der Waals surface area contributed by atoms with Crippen molar-refractivity contribution in [2.45, 2.75) is 12.5 Å². The second-order valence-corrected chi connectivity index (χ2v) is 17.0. The van der Waals surface area contributed by atoms with Gasteiger partial charge in [-0.3, -0.25) is 0 Å². The number of hydrogen-bond donors (Lipinski definition) is 0. The molecule has 0 spiro atoms. The van der Waals surface area contributed by atoms with Crippen molar-refractivity contribution in [2.24, 2.45) is 0 Å². The summed E-state index contributed by atoms with van der Waals surface area (Å²) in [6.07, 6.45) is 5.49. The van der Waals surface area contributed by atoms with Gasteiger partial charge in [0, 0.05) is 37.7 Å². The summed E-state index contributed by atoms with van der Waals surface area (Å²) in [7, 11) is 0. The third-order valence-electron chi connectivity index (χ3n) is 12.7. The predicted octanol–water partition coefficient (Wildman–Crippen LogP) is 15.8. The zero-order valence-electron chi connectivity index (χ0n) is 31.5.